The average molecular weight is 540 g/mol. The zero-order valence-electron chi connectivity index (χ0n) is 21.4. The van der Waals surface area contributed by atoms with Crippen LogP contribution in [-0.4, -0.2) is 84.1 Å². The van der Waals surface area contributed by atoms with E-state index in [1.807, 2.05) is 32.6 Å². The third kappa shape index (κ3) is 6.25. The third-order valence-electron chi connectivity index (χ3n) is 6.28. The van der Waals surface area contributed by atoms with Crippen LogP contribution in [0.1, 0.15) is 46.2 Å². The Balaban J connectivity index is 1.97. The smallest absolute Gasteiger partial charge is 0.338 e. The Hall–Kier alpha value is -2.49. The Labute approximate surface area is 222 Å². The lowest BCUT2D eigenvalue weighted by atomic mass is 9.94. The van der Waals surface area contributed by atoms with Gasteiger partial charge in [-0.05, 0) is 52.3 Å². The highest BCUT2D eigenvalue weighted by molar-refractivity contribution is 6.35. The van der Waals surface area contributed by atoms with E-state index in [0.717, 1.165) is 0 Å². The molecule has 2 heterocycles. The Morgan fingerprint density at radius 1 is 1.22 bits per heavy atom. The Kier molecular flexibility index (Phi) is 9.49. The first-order chi connectivity index (χ1) is 17.1. The molecule has 0 unspecified atom stereocenters. The van der Waals surface area contributed by atoms with Gasteiger partial charge in [-0.2, -0.15) is 0 Å². The number of nitrogens with zero attached hydrogens (tertiary/aromatic N) is 3. The molecule has 36 heavy (non-hydrogen) atoms. The number of piperazine rings is 1. The molecule has 9 nitrogen and oxygen atoms in total. The van der Waals surface area contributed by atoms with Crippen LogP contribution < -0.4 is 10.6 Å². The lowest BCUT2D eigenvalue weighted by Crippen LogP contribution is -2.58. The minimum absolute atomic E-state index is 0.0434. The molecule has 0 bridgehead atoms. The molecule has 0 saturated carbocycles. The van der Waals surface area contributed by atoms with E-state index in [2.05, 4.69) is 15.5 Å². The van der Waals surface area contributed by atoms with Gasteiger partial charge in [-0.3, -0.25) is 9.80 Å². The molecule has 198 valence electrons. The van der Waals surface area contributed by atoms with Crippen LogP contribution in [0.25, 0.3) is 0 Å². The summed E-state index contributed by atoms with van der Waals surface area (Å²) >= 11 is 12.6. The molecular weight excluding hydrogens is 505 g/mol. The summed E-state index contributed by atoms with van der Waals surface area (Å²) in [5, 5.41) is 6.67. The number of benzene rings is 1. The normalized spacial score (nSPS) is 21.1. The van der Waals surface area contributed by atoms with Crippen molar-refractivity contribution in [3.8, 4) is 0 Å². The summed E-state index contributed by atoms with van der Waals surface area (Å²) in [5.41, 5.74) is 1.48. The average Bonchev–Trinajstić information content (AvgIpc) is 2.78. The Morgan fingerprint density at radius 3 is 2.53 bits per heavy atom. The monoisotopic (exact) mass is 539 g/mol. The molecule has 2 atom stereocenters. The SMILES string of the molecule is CCOC(=O)C1=C(CN2CCN(C(=O)NC(C)C)[C@@H](C)C2)N(CC)C(=O)N[C@@H]1c1ccc(Cl)cc1Cl. The second kappa shape index (κ2) is 12.2. The number of amides is 4. The Morgan fingerprint density at radius 2 is 1.94 bits per heavy atom. The van der Waals surface area contributed by atoms with E-state index in [9.17, 15) is 14.4 Å². The summed E-state index contributed by atoms with van der Waals surface area (Å²) in [7, 11) is 0. The zero-order valence-corrected chi connectivity index (χ0v) is 22.9. The highest BCUT2D eigenvalue weighted by Gasteiger charge is 2.40. The van der Waals surface area contributed by atoms with E-state index in [0.29, 0.717) is 59.6 Å². The van der Waals surface area contributed by atoms with Crippen LogP contribution in [0, 0.1) is 0 Å². The largest absolute Gasteiger partial charge is 0.463 e. The number of nitrogens with one attached hydrogen (secondary N) is 2. The number of hydrogen-bond acceptors (Lipinski definition) is 5. The van der Waals surface area contributed by atoms with Gasteiger partial charge >= 0.3 is 18.0 Å². The molecule has 3 rings (SSSR count). The van der Waals surface area contributed by atoms with Crippen molar-refractivity contribution in [1.29, 1.82) is 0 Å². The molecule has 0 spiro atoms. The van der Waals surface area contributed by atoms with Crippen molar-refractivity contribution in [1.82, 2.24) is 25.3 Å². The molecule has 4 amide bonds. The summed E-state index contributed by atoms with van der Waals surface area (Å²) in [5.74, 6) is -0.509. The summed E-state index contributed by atoms with van der Waals surface area (Å²) in [6.45, 7) is 12.1. The van der Waals surface area contributed by atoms with Crippen LogP contribution >= 0.6 is 23.2 Å². The van der Waals surface area contributed by atoms with E-state index in [1.165, 1.54) is 0 Å². The number of rotatable bonds is 7. The van der Waals surface area contributed by atoms with Crippen molar-refractivity contribution < 1.29 is 19.1 Å². The van der Waals surface area contributed by atoms with Gasteiger partial charge in [0.05, 0.1) is 18.2 Å². The molecule has 1 aromatic rings. The molecule has 1 saturated heterocycles. The van der Waals surface area contributed by atoms with Gasteiger partial charge in [0.1, 0.15) is 0 Å². The maximum atomic E-state index is 13.3. The van der Waals surface area contributed by atoms with Crippen LogP contribution in [0.15, 0.2) is 29.5 Å². The van der Waals surface area contributed by atoms with Gasteiger partial charge < -0.3 is 20.3 Å². The van der Waals surface area contributed by atoms with Crippen LogP contribution in [0.3, 0.4) is 0 Å². The van der Waals surface area contributed by atoms with Crippen LogP contribution in [0.5, 0.6) is 0 Å². The first-order valence-corrected chi connectivity index (χ1v) is 13.1. The van der Waals surface area contributed by atoms with Crippen molar-refractivity contribution in [2.45, 2.75) is 52.7 Å². The molecule has 11 heteroatoms. The minimum atomic E-state index is -0.783. The van der Waals surface area contributed by atoms with Crippen molar-refractivity contribution >= 4 is 41.2 Å². The first kappa shape index (κ1) is 28.1. The van der Waals surface area contributed by atoms with Crippen LogP contribution in [0.4, 0.5) is 9.59 Å². The number of hydrogen-bond donors (Lipinski definition) is 2. The fraction of sp³-hybridized carbons (Fsp3) is 0.560. The predicted octanol–water partition coefficient (Wildman–Crippen LogP) is 4.02. The predicted molar refractivity (Wildman–Crippen MR) is 140 cm³/mol. The summed E-state index contributed by atoms with van der Waals surface area (Å²) in [4.78, 5) is 44.5. The quantitative estimate of drug-likeness (QED) is 0.510. The number of carbonyl (C=O) groups is 3. The molecule has 2 aliphatic rings. The number of likely N-dealkylation sites (N-methyl/N-ethyl adjacent to an activating group) is 1. The van der Waals surface area contributed by atoms with Gasteiger partial charge in [-0.15, -0.1) is 0 Å². The molecule has 2 aliphatic heterocycles. The topological polar surface area (TPSA) is 94.2 Å². The van der Waals surface area contributed by atoms with E-state index in [1.54, 1.807) is 30.0 Å². The molecule has 0 radical (unpaired) electrons. The van der Waals surface area contributed by atoms with E-state index >= 15 is 0 Å². The maximum Gasteiger partial charge on any atom is 0.338 e. The molecule has 1 aromatic carbocycles. The van der Waals surface area contributed by atoms with Crippen molar-refractivity contribution in [3.63, 3.8) is 0 Å². The molecule has 0 aromatic heterocycles. The van der Waals surface area contributed by atoms with E-state index < -0.39 is 12.0 Å². The zero-order chi connectivity index (χ0) is 26.6. The second-order valence-corrected chi connectivity index (χ2v) is 10.1. The van der Waals surface area contributed by atoms with Gasteiger partial charge in [0.2, 0.25) is 0 Å². The number of carbonyl (C=O) groups excluding carboxylic acids is 3. The lowest BCUT2D eigenvalue weighted by molar-refractivity contribution is -0.139. The van der Waals surface area contributed by atoms with Gasteiger partial charge in [0.25, 0.3) is 0 Å². The summed E-state index contributed by atoms with van der Waals surface area (Å²) in [6.07, 6.45) is 0. The molecular formula is C25H35Cl2N5O4. The molecule has 0 aliphatic carbocycles. The number of ether oxygens (including phenoxy) is 1. The van der Waals surface area contributed by atoms with Gasteiger partial charge in [-0.1, -0.05) is 29.3 Å². The van der Waals surface area contributed by atoms with Crippen molar-refractivity contribution in [3.05, 3.63) is 45.1 Å². The Bertz CT molecular complexity index is 1030. The van der Waals surface area contributed by atoms with Crippen molar-refractivity contribution in [2.75, 3.05) is 39.3 Å². The summed E-state index contributed by atoms with van der Waals surface area (Å²) in [6, 6.07) is 3.79. The molecule has 1 fully saturated rings. The first-order valence-electron chi connectivity index (χ1n) is 12.3. The fourth-order valence-electron chi connectivity index (χ4n) is 4.65. The molecule has 2 N–H and O–H groups in total. The minimum Gasteiger partial charge on any atom is -0.463 e. The van der Waals surface area contributed by atoms with Gasteiger partial charge in [-0.25, -0.2) is 14.4 Å². The number of urea groups is 2. The van der Waals surface area contributed by atoms with Crippen LogP contribution in [-0.2, 0) is 9.53 Å². The summed E-state index contributed by atoms with van der Waals surface area (Å²) < 4.78 is 5.43. The van der Waals surface area contributed by atoms with Crippen LogP contribution in [0.2, 0.25) is 10.0 Å². The van der Waals surface area contributed by atoms with Crippen molar-refractivity contribution in [2.24, 2.45) is 0 Å². The van der Waals surface area contributed by atoms with Gasteiger partial charge in [0, 0.05) is 60.5 Å². The highest BCUT2D eigenvalue weighted by atomic mass is 35.5. The number of halogens is 2. The van der Waals surface area contributed by atoms with Gasteiger partial charge in [0.15, 0.2) is 0 Å². The van der Waals surface area contributed by atoms with E-state index in [-0.39, 0.29) is 30.8 Å². The highest BCUT2D eigenvalue weighted by Crippen LogP contribution is 2.36. The van der Waals surface area contributed by atoms with E-state index in [4.69, 9.17) is 27.9 Å². The number of esters is 1. The second-order valence-electron chi connectivity index (χ2n) is 9.26. The third-order valence-corrected chi connectivity index (χ3v) is 6.84. The fourth-order valence-corrected chi connectivity index (χ4v) is 5.16. The maximum absolute atomic E-state index is 13.3. The lowest BCUT2D eigenvalue weighted by Gasteiger charge is -2.43. The standard InChI is InChI=1S/C25H35Cl2N5O4/c1-6-31-20(14-30-10-11-32(16(5)13-30)24(34)28-15(3)4)21(23(33)36-7-2)22(29-25(31)35)18-9-8-17(26)12-19(18)27/h8-9,12,15-16,22H,6-7,10-11,13-14H2,1-5H3,(H,28,34)(H,29,35)/t16-,22+/m0/s1.